The first-order valence-corrected chi connectivity index (χ1v) is 45.0. The Morgan fingerprint density at radius 3 is 0.319 bits per heavy atom. The van der Waals surface area contributed by atoms with Gasteiger partial charge < -0.3 is 166 Å². The lowest BCUT2D eigenvalue weighted by Gasteiger charge is -2.53. The molecule has 0 N–H and O–H groups in total. The summed E-state index contributed by atoms with van der Waals surface area (Å²) in [5.74, 6) is 0. The van der Waals surface area contributed by atoms with Crippen molar-refractivity contribution in [2.45, 2.75) is 360 Å². The second kappa shape index (κ2) is 56.1. The van der Waals surface area contributed by atoms with Crippen LogP contribution in [0.25, 0.3) is 0 Å². The molecule has 35 atom stereocenters. The Hall–Kier alpha value is -1.40. The van der Waals surface area contributed by atoms with Crippen molar-refractivity contribution in [1.29, 1.82) is 0 Å². The van der Waals surface area contributed by atoms with Crippen LogP contribution in [0.5, 0.6) is 0 Å². The van der Waals surface area contributed by atoms with Crippen LogP contribution in [0.3, 0.4) is 0 Å². The molecule has 35 heteroatoms. The van der Waals surface area contributed by atoms with Gasteiger partial charge in [0, 0.05) is 139 Å². The standard InChI is InChI=1S/C84H154O35/c1-22-85-43-50-57-64(92-29-8)71(99-36-15)78(106-50)114-58-51(44-86-23-2)108-80(73(101-38-17)65(58)93-30-9)116-60-53(46-88-25-4)110-82(75(103-40-19)67(60)95-32-11)118-62-55(48-90-27-6)112-84(77(105-42-21)69(62)97-34-13)119-63-56(49-91-28-7)111-83(76(104-41-20)70(63)98-35-14)117-61-54(47-89-26-5)109-81(74(102-39-18)68(61)96-33-12)115-59-52(45-87-24-3)107-79(113-57)72(100-37-16)66(59)94-31-10/h50-84H,22-49H2,1-21H3/t50-,51-,52-,53-,54-,55-,56-,57-,58-,59-,60-,61-,62-,63-,64+,65+,66+,67+,68+,69+,70+,71-,72-,73-,74-,75-,76-,77+,78-,79-,80-,81-,82-,83-,84-/m0/s1. The minimum absolute atomic E-state index is 0.00152. The summed E-state index contributed by atoms with van der Waals surface area (Å²) in [5.41, 5.74) is 0. The van der Waals surface area contributed by atoms with Gasteiger partial charge >= 0.3 is 0 Å². The van der Waals surface area contributed by atoms with Gasteiger partial charge in [-0.3, -0.25) is 0 Å². The smallest absolute Gasteiger partial charge is 0.187 e. The molecule has 21 saturated heterocycles. The van der Waals surface area contributed by atoms with E-state index in [-0.39, 0.29) is 139 Å². The van der Waals surface area contributed by atoms with Crippen molar-refractivity contribution in [1.82, 2.24) is 0 Å². The van der Waals surface area contributed by atoms with E-state index in [1.54, 1.807) is 0 Å². The second-order valence-corrected chi connectivity index (χ2v) is 29.0. The molecule has 0 radical (unpaired) electrons. The van der Waals surface area contributed by atoms with Crippen molar-refractivity contribution in [2.75, 3.05) is 185 Å². The molecule has 0 unspecified atom stereocenters. The molecule has 35 nitrogen and oxygen atoms in total. The summed E-state index contributed by atoms with van der Waals surface area (Å²) in [6, 6.07) is 0. The van der Waals surface area contributed by atoms with Crippen LogP contribution in [0.4, 0.5) is 0 Å². The minimum Gasteiger partial charge on any atom is -0.379 e. The van der Waals surface area contributed by atoms with Crippen molar-refractivity contribution in [3.05, 3.63) is 0 Å². The van der Waals surface area contributed by atoms with Crippen molar-refractivity contribution < 1.29 is 166 Å². The van der Waals surface area contributed by atoms with E-state index >= 15 is 0 Å². The average Bonchev–Trinajstić information content (AvgIpc) is 0.793. The van der Waals surface area contributed by atoms with Crippen molar-refractivity contribution in [3.8, 4) is 0 Å². The molecule has 0 aromatic carbocycles. The van der Waals surface area contributed by atoms with E-state index in [1.165, 1.54) is 0 Å². The first-order valence-electron chi connectivity index (χ1n) is 45.0. The van der Waals surface area contributed by atoms with E-state index in [0.717, 1.165) is 0 Å². The summed E-state index contributed by atoms with van der Waals surface area (Å²) in [4.78, 5) is 0. The molecule has 21 fully saturated rings. The van der Waals surface area contributed by atoms with Gasteiger partial charge in [0.1, 0.15) is 171 Å². The highest BCUT2D eigenvalue weighted by Crippen LogP contribution is 2.44. The summed E-state index contributed by atoms with van der Waals surface area (Å²) in [6.07, 6.45) is -35.7. The van der Waals surface area contributed by atoms with Gasteiger partial charge in [0.05, 0.1) is 46.2 Å². The summed E-state index contributed by atoms with van der Waals surface area (Å²) >= 11 is 0. The van der Waals surface area contributed by atoms with E-state index in [4.69, 9.17) is 166 Å². The number of ether oxygens (including phenoxy) is 35. The molecule has 21 rings (SSSR count). The lowest BCUT2D eigenvalue weighted by Crippen LogP contribution is -2.70. The van der Waals surface area contributed by atoms with Crippen molar-refractivity contribution in [2.24, 2.45) is 0 Å². The quantitative estimate of drug-likeness (QED) is 0.0611. The first kappa shape index (κ1) is 103. The Labute approximate surface area is 708 Å². The molecule has 14 bridgehead atoms. The molecule has 21 aliphatic rings. The molecule has 21 heterocycles. The minimum atomic E-state index is -1.22. The normalized spacial score (nSPS) is 40.1. The highest BCUT2D eigenvalue weighted by Gasteiger charge is 2.63. The van der Waals surface area contributed by atoms with Gasteiger partial charge in [-0.15, -0.1) is 0 Å². The van der Waals surface area contributed by atoms with Crippen LogP contribution in [0.2, 0.25) is 0 Å². The van der Waals surface area contributed by atoms with Gasteiger partial charge in [-0.25, -0.2) is 0 Å². The number of hydrogen-bond acceptors (Lipinski definition) is 35. The fourth-order valence-electron chi connectivity index (χ4n) is 17.0. The van der Waals surface area contributed by atoms with Gasteiger partial charge in [-0.2, -0.15) is 0 Å². The van der Waals surface area contributed by atoms with Gasteiger partial charge in [-0.05, 0) is 145 Å². The molecular formula is C84H154O35. The Bertz CT molecular complexity index is 2120. The Kier molecular flexibility index (Phi) is 48.6. The fourth-order valence-corrected chi connectivity index (χ4v) is 17.0. The highest BCUT2D eigenvalue weighted by molar-refractivity contribution is 5.05. The largest absolute Gasteiger partial charge is 0.379 e. The summed E-state index contributed by atoms with van der Waals surface area (Å²) < 4.78 is 244. The van der Waals surface area contributed by atoms with Crippen molar-refractivity contribution in [3.63, 3.8) is 0 Å². The molecule has 0 spiro atoms. The zero-order valence-electron chi connectivity index (χ0n) is 75.3. The third-order valence-corrected chi connectivity index (χ3v) is 21.6. The zero-order valence-corrected chi connectivity index (χ0v) is 75.3. The van der Waals surface area contributed by atoms with E-state index in [2.05, 4.69) is 0 Å². The van der Waals surface area contributed by atoms with Crippen LogP contribution in [-0.2, 0) is 166 Å². The molecule has 0 saturated carbocycles. The highest BCUT2D eigenvalue weighted by atomic mass is 16.8. The molecule has 0 aliphatic carbocycles. The fraction of sp³-hybridized carbons (Fsp3) is 1.00. The average molecular weight is 1720 g/mol. The maximum atomic E-state index is 7.47. The molecular weight excluding hydrogens is 1570 g/mol. The van der Waals surface area contributed by atoms with E-state index in [1.807, 2.05) is 145 Å². The van der Waals surface area contributed by atoms with Gasteiger partial charge in [0.15, 0.2) is 44.0 Å². The molecule has 0 aromatic heterocycles. The van der Waals surface area contributed by atoms with Gasteiger partial charge in [-0.1, -0.05) is 0 Å². The van der Waals surface area contributed by atoms with Crippen LogP contribution in [0, 0.1) is 0 Å². The maximum Gasteiger partial charge on any atom is 0.187 e. The van der Waals surface area contributed by atoms with Gasteiger partial charge in [0.2, 0.25) is 0 Å². The molecule has 119 heavy (non-hydrogen) atoms. The first-order chi connectivity index (χ1) is 58.2. The van der Waals surface area contributed by atoms with Gasteiger partial charge in [0.25, 0.3) is 0 Å². The number of hydrogen-bond donors (Lipinski definition) is 0. The van der Waals surface area contributed by atoms with Crippen LogP contribution >= 0.6 is 0 Å². The van der Waals surface area contributed by atoms with Crippen LogP contribution in [0.15, 0.2) is 0 Å². The SMILES string of the molecule is CCOC[C@@H]1O[C@H]2O[C@@H]3[C@@H](OCC)[C@H](OCC)[C@H](O[C@@H]4[C@@H](OCC)[C@H](OCC)[C@H](O[C@@H]5[C@@H](OCC)[C@H](OCC)[C@H](O[C@@H]6[C@@H](OCC)[C@H](OCC)[C@H](O[C@@H]7[C@@H](OCC)[C@H](OCC)[C@H](O[C@@H]8[C@@H](OCC)[C@H](OCC)[C@H](O[C@@H]1[C@@H](OCC)[C@H]2OCC)O[C@H]8COCC)O[C@H]7COCC)O[C@H]6COCC)O[C@H]5COCC)O[C@H]4COCC)O[C@H]3COCC. The van der Waals surface area contributed by atoms with E-state index < -0.39 is 215 Å². The predicted octanol–water partition coefficient (Wildman–Crippen LogP) is 6.70. The second-order valence-electron chi connectivity index (χ2n) is 29.0. The molecule has 0 aromatic rings. The topological polar surface area (TPSA) is 323 Å². The monoisotopic (exact) mass is 1720 g/mol. The molecule has 21 aliphatic heterocycles. The Morgan fingerprint density at radius 2 is 0.227 bits per heavy atom. The molecule has 700 valence electrons. The zero-order chi connectivity index (χ0) is 85.8. The molecule has 0 amide bonds. The summed E-state index contributed by atoms with van der Waals surface area (Å²) in [6.45, 7) is 44.9. The van der Waals surface area contributed by atoms with Crippen LogP contribution in [-0.4, -0.2) is 400 Å². The summed E-state index contributed by atoms with van der Waals surface area (Å²) in [7, 11) is 0. The van der Waals surface area contributed by atoms with E-state index in [9.17, 15) is 0 Å². The Morgan fingerprint density at radius 1 is 0.126 bits per heavy atom. The Balaban J connectivity index is 1.36. The summed E-state index contributed by atoms with van der Waals surface area (Å²) in [5, 5.41) is 0. The van der Waals surface area contributed by atoms with Crippen LogP contribution < -0.4 is 0 Å². The predicted molar refractivity (Wildman–Crippen MR) is 426 cm³/mol. The number of rotatable bonds is 49. The lowest BCUT2D eigenvalue weighted by atomic mass is 9.94. The third kappa shape index (κ3) is 27.4. The van der Waals surface area contributed by atoms with Crippen molar-refractivity contribution >= 4 is 0 Å². The van der Waals surface area contributed by atoms with Crippen LogP contribution in [0.1, 0.15) is 145 Å². The lowest BCUT2D eigenvalue weighted by molar-refractivity contribution is -0.407. The maximum absolute atomic E-state index is 7.47. The third-order valence-electron chi connectivity index (χ3n) is 21.6. The van der Waals surface area contributed by atoms with E-state index in [0.29, 0.717) is 46.2 Å².